The molecule has 2 bridgehead atoms. The van der Waals surface area contributed by atoms with Gasteiger partial charge in [-0.1, -0.05) is 27.7 Å². The normalized spacial score (nSPS) is 48.4. The monoisotopic (exact) mass is 420 g/mol. The van der Waals surface area contributed by atoms with Gasteiger partial charge in [0.15, 0.2) is 0 Å². The highest BCUT2D eigenvalue weighted by Crippen LogP contribution is 2.61. The first-order chi connectivity index (χ1) is 14.2. The van der Waals surface area contributed by atoms with Crippen molar-refractivity contribution in [1.29, 1.82) is 0 Å². The van der Waals surface area contributed by atoms with E-state index < -0.39 is 5.41 Å². The van der Waals surface area contributed by atoms with Crippen LogP contribution in [0.2, 0.25) is 0 Å². The van der Waals surface area contributed by atoms with Crippen LogP contribution in [0.1, 0.15) is 53.9 Å². The van der Waals surface area contributed by atoms with E-state index in [0.29, 0.717) is 29.8 Å². The van der Waals surface area contributed by atoms with E-state index in [2.05, 4.69) is 20.8 Å². The van der Waals surface area contributed by atoms with Crippen LogP contribution in [0.4, 0.5) is 0 Å². The molecule has 30 heavy (non-hydrogen) atoms. The van der Waals surface area contributed by atoms with Gasteiger partial charge in [-0.2, -0.15) is 0 Å². The molecule has 5 aliphatic rings. The number of carbonyl (C=O) groups excluding carboxylic acids is 2. The molecule has 2 aliphatic heterocycles. The summed E-state index contributed by atoms with van der Waals surface area (Å²) in [5.74, 6) is 1.43. The van der Waals surface area contributed by atoms with E-state index in [1.807, 2.05) is 13.8 Å². The molecule has 5 rings (SSSR count). The van der Waals surface area contributed by atoms with Crippen LogP contribution in [-0.2, 0) is 28.5 Å². The third-order valence-electron chi connectivity index (χ3n) is 8.62. The summed E-state index contributed by atoms with van der Waals surface area (Å²) >= 11 is 0. The molecule has 5 fully saturated rings. The van der Waals surface area contributed by atoms with E-state index in [4.69, 9.17) is 18.9 Å². The van der Waals surface area contributed by atoms with E-state index in [1.165, 1.54) is 0 Å². The van der Waals surface area contributed by atoms with Gasteiger partial charge in [0.25, 0.3) is 0 Å². The van der Waals surface area contributed by atoms with Gasteiger partial charge in [-0.15, -0.1) is 0 Å². The van der Waals surface area contributed by atoms with Gasteiger partial charge in [0.1, 0.15) is 0 Å². The Balaban J connectivity index is 1.11. The second kappa shape index (κ2) is 7.19. The first-order valence-corrected chi connectivity index (χ1v) is 11.8. The van der Waals surface area contributed by atoms with Crippen LogP contribution >= 0.6 is 0 Å². The number of carbonyl (C=O) groups is 2. The molecule has 3 saturated carbocycles. The first kappa shape index (κ1) is 20.7. The van der Waals surface area contributed by atoms with E-state index in [0.717, 1.165) is 19.3 Å². The summed E-state index contributed by atoms with van der Waals surface area (Å²) in [4.78, 5) is 25.7. The Morgan fingerprint density at radius 3 is 2.03 bits per heavy atom. The molecule has 3 aliphatic carbocycles. The Kier molecular flexibility index (Phi) is 4.97. The van der Waals surface area contributed by atoms with Crippen LogP contribution in [-0.4, -0.2) is 49.6 Å². The lowest BCUT2D eigenvalue weighted by molar-refractivity contribution is -0.161. The maximum atomic E-state index is 12.9. The number of fused-ring (bicyclic) bond motifs is 5. The highest BCUT2D eigenvalue weighted by molar-refractivity contribution is 5.75. The number of rotatable bonds is 7. The second-order valence-electron chi connectivity index (χ2n) is 11.4. The summed E-state index contributed by atoms with van der Waals surface area (Å²) in [6.07, 6.45) is 4.33. The van der Waals surface area contributed by atoms with Crippen molar-refractivity contribution in [3.8, 4) is 0 Å². The SMILES string of the molecule is CC1CCC(C2OC2C)C1C(=O)OCC(C)(C)COC(=O)C1C(C)C2CC1C1OC21. The zero-order valence-corrected chi connectivity index (χ0v) is 18.8. The van der Waals surface area contributed by atoms with E-state index >= 15 is 0 Å². The van der Waals surface area contributed by atoms with E-state index in [1.54, 1.807) is 0 Å². The number of epoxide rings is 2. The molecule has 6 nitrogen and oxygen atoms in total. The second-order valence-corrected chi connectivity index (χ2v) is 11.4. The van der Waals surface area contributed by atoms with Crippen molar-refractivity contribution in [3.63, 3.8) is 0 Å². The molecule has 0 aromatic carbocycles. The van der Waals surface area contributed by atoms with Crippen LogP contribution in [0.3, 0.4) is 0 Å². The third-order valence-corrected chi connectivity index (χ3v) is 8.62. The topological polar surface area (TPSA) is 77.7 Å². The van der Waals surface area contributed by atoms with Crippen LogP contribution in [0.25, 0.3) is 0 Å². The number of ether oxygens (including phenoxy) is 4. The predicted molar refractivity (Wildman–Crippen MR) is 108 cm³/mol. The Morgan fingerprint density at radius 2 is 1.43 bits per heavy atom. The van der Waals surface area contributed by atoms with Gasteiger partial charge >= 0.3 is 11.9 Å². The minimum Gasteiger partial charge on any atom is -0.465 e. The van der Waals surface area contributed by atoms with Crippen molar-refractivity contribution in [2.45, 2.75) is 78.3 Å². The molecular weight excluding hydrogens is 384 g/mol. The maximum absolute atomic E-state index is 12.9. The third kappa shape index (κ3) is 3.48. The molecule has 0 radical (unpaired) electrons. The Morgan fingerprint density at radius 1 is 0.833 bits per heavy atom. The molecule has 2 saturated heterocycles. The number of hydrogen-bond acceptors (Lipinski definition) is 6. The minimum atomic E-state index is -0.411. The molecule has 0 spiro atoms. The molecule has 0 aromatic heterocycles. The summed E-state index contributed by atoms with van der Waals surface area (Å²) in [5, 5.41) is 0. The maximum Gasteiger partial charge on any atom is 0.309 e. The van der Waals surface area contributed by atoms with Gasteiger partial charge in [-0.3, -0.25) is 9.59 Å². The fourth-order valence-electron chi connectivity index (χ4n) is 6.75. The lowest BCUT2D eigenvalue weighted by Gasteiger charge is -2.29. The fourth-order valence-corrected chi connectivity index (χ4v) is 6.75. The standard InChI is InChI=1S/C24H36O6/c1-11-6-7-14(19-13(3)29-19)17(11)22(25)27-9-24(4,5)10-28-23(26)18-12(2)15-8-16(18)21-20(15)30-21/h11-21H,6-10H2,1-5H3. The lowest BCUT2D eigenvalue weighted by atomic mass is 9.80. The molecule has 168 valence electrons. The molecule has 0 aromatic rings. The van der Waals surface area contributed by atoms with E-state index in [-0.39, 0.29) is 61.2 Å². The van der Waals surface area contributed by atoms with Crippen molar-refractivity contribution in [1.82, 2.24) is 0 Å². The Bertz CT molecular complexity index is 718. The zero-order chi connectivity index (χ0) is 21.4. The molecule has 0 N–H and O–H groups in total. The van der Waals surface area contributed by atoms with Gasteiger partial charge in [-0.05, 0) is 43.9 Å². The average Bonchev–Trinajstić information content (AvgIpc) is 3.53. The summed E-state index contributed by atoms with van der Waals surface area (Å²) in [7, 11) is 0. The smallest absolute Gasteiger partial charge is 0.309 e. The quantitative estimate of drug-likeness (QED) is 0.465. The van der Waals surface area contributed by atoms with Crippen molar-refractivity contribution in [2.24, 2.45) is 46.8 Å². The van der Waals surface area contributed by atoms with Crippen LogP contribution < -0.4 is 0 Å². The molecule has 0 amide bonds. The van der Waals surface area contributed by atoms with Gasteiger partial charge in [0, 0.05) is 17.3 Å². The summed E-state index contributed by atoms with van der Waals surface area (Å²) in [6, 6.07) is 0. The van der Waals surface area contributed by atoms with E-state index in [9.17, 15) is 9.59 Å². The van der Waals surface area contributed by atoms with Crippen molar-refractivity contribution < 1.29 is 28.5 Å². The van der Waals surface area contributed by atoms with Gasteiger partial charge in [0.2, 0.25) is 0 Å². The largest absolute Gasteiger partial charge is 0.465 e. The average molecular weight is 421 g/mol. The van der Waals surface area contributed by atoms with Gasteiger partial charge in [-0.25, -0.2) is 0 Å². The van der Waals surface area contributed by atoms with Crippen molar-refractivity contribution in [2.75, 3.05) is 13.2 Å². The predicted octanol–water partition coefficient (Wildman–Crippen LogP) is 3.22. The summed E-state index contributed by atoms with van der Waals surface area (Å²) in [5.41, 5.74) is -0.411. The van der Waals surface area contributed by atoms with Crippen molar-refractivity contribution >= 4 is 11.9 Å². The van der Waals surface area contributed by atoms with Crippen molar-refractivity contribution in [3.05, 3.63) is 0 Å². The molecule has 6 heteroatoms. The van der Waals surface area contributed by atoms with Gasteiger partial charge in [0.05, 0.1) is 49.5 Å². The summed E-state index contributed by atoms with van der Waals surface area (Å²) in [6.45, 7) is 10.9. The molecule has 11 atom stereocenters. The Hall–Kier alpha value is -1.14. The molecule has 11 unspecified atom stereocenters. The number of esters is 2. The van der Waals surface area contributed by atoms with Crippen LogP contribution in [0.15, 0.2) is 0 Å². The number of hydrogen-bond donors (Lipinski definition) is 0. The highest BCUT2D eigenvalue weighted by atomic mass is 16.6. The van der Waals surface area contributed by atoms with Crippen LogP contribution in [0.5, 0.6) is 0 Å². The van der Waals surface area contributed by atoms with Gasteiger partial charge < -0.3 is 18.9 Å². The zero-order valence-electron chi connectivity index (χ0n) is 18.8. The Labute approximate surface area is 179 Å². The van der Waals surface area contributed by atoms with Crippen LogP contribution in [0, 0.1) is 46.8 Å². The molecular formula is C24H36O6. The lowest BCUT2D eigenvalue weighted by Crippen LogP contribution is -2.37. The summed E-state index contributed by atoms with van der Waals surface area (Å²) < 4.78 is 22.9. The minimum absolute atomic E-state index is 0.0438. The highest BCUT2D eigenvalue weighted by Gasteiger charge is 2.68. The fraction of sp³-hybridized carbons (Fsp3) is 0.917. The first-order valence-electron chi connectivity index (χ1n) is 11.8. The molecule has 2 heterocycles.